The number of alkyl halides is 1. The number of hydrogen-bond acceptors (Lipinski definition) is 1. The Morgan fingerprint density at radius 2 is 2.21 bits per heavy atom. The topological polar surface area (TPSA) is 32.3 Å². The second-order valence-corrected chi connectivity index (χ2v) is 5.33. The highest BCUT2D eigenvalue weighted by atomic mass is 35.5. The van der Waals surface area contributed by atoms with Gasteiger partial charge >= 0.3 is 6.03 Å². The molecule has 1 aromatic rings. The molecule has 2 amide bonds. The summed E-state index contributed by atoms with van der Waals surface area (Å²) in [5.41, 5.74) is 2.87. The predicted molar refractivity (Wildman–Crippen MR) is 76.0 cm³/mol. The van der Waals surface area contributed by atoms with Crippen LogP contribution in [0.2, 0.25) is 0 Å². The molecule has 0 spiro atoms. The summed E-state index contributed by atoms with van der Waals surface area (Å²) in [6.45, 7) is 0. The van der Waals surface area contributed by atoms with Crippen molar-refractivity contribution in [2.45, 2.75) is 24.8 Å². The zero-order valence-corrected chi connectivity index (χ0v) is 11.5. The summed E-state index contributed by atoms with van der Waals surface area (Å²) in [4.78, 5) is 13.6. The average molecular weight is 275 g/mol. The number of fused-ring (bicyclic) bond motifs is 1. The van der Waals surface area contributed by atoms with Gasteiger partial charge in [-0.25, -0.2) is 4.79 Å². The van der Waals surface area contributed by atoms with Crippen LogP contribution in [0.25, 0.3) is 0 Å². The van der Waals surface area contributed by atoms with E-state index in [9.17, 15) is 4.79 Å². The maximum absolute atomic E-state index is 11.9. The molecule has 2 aliphatic rings. The van der Waals surface area contributed by atoms with Crippen molar-refractivity contribution in [3.05, 3.63) is 29.3 Å². The highest BCUT2D eigenvalue weighted by molar-refractivity contribution is 6.17. The molecular weight excluding hydrogens is 260 g/mol. The van der Waals surface area contributed by atoms with E-state index in [1.54, 1.807) is 11.9 Å². The summed E-state index contributed by atoms with van der Waals surface area (Å²) in [6.07, 6.45) is 2.38. The average Bonchev–Trinajstić information content (AvgIpc) is 3.23. The minimum absolute atomic E-state index is 0.116. The first-order chi connectivity index (χ1) is 9.19. The molecule has 4 heteroatoms. The van der Waals surface area contributed by atoms with Crippen LogP contribution in [0.5, 0.6) is 0 Å². The highest BCUT2D eigenvalue weighted by Crippen LogP contribution is 2.34. The zero-order valence-electron chi connectivity index (χ0n) is 10.7. The molecule has 1 unspecified atom stereocenters. The van der Waals surface area contributed by atoms with Gasteiger partial charge in [0.1, 0.15) is 6.04 Å². The fourth-order valence-electron chi connectivity index (χ4n) is 2.16. The molecule has 98 valence electrons. The standard InChI is InChI=1S/C15H15ClN2O/c1-18-14(7-5-10-2-3-10)12-6-4-11(9-16)8-13(12)17-15(18)19/h4,6,8,10,14H,2-3,9H2,1H3,(H,17,19). The molecule has 3 nitrogen and oxygen atoms in total. The first kappa shape index (κ1) is 12.4. The van der Waals surface area contributed by atoms with Gasteiger partial charge in [-0.1, -0.05) is 24.0 Å². The normalized spacial score (nSPS) is 21.3. The molecule has 1 N–H and O–H groups in total. The lowest BCUT2D eigenvalue weighted by Gasteiger charge is -2.31. The van der Waals surface area contributed by atoms with Gasteiger partial charge in [0.2, 0.25) is 0 Å². The second kappa shape index (κ2) is 4.79. The van der Waals surface area contributed by atoms with E-state index in [0.29, 0.717) is 11.8 Å². The monoisotopic (exact) mass is 274 g/mol. The van der Waals surface area contributed by atoms with Gasteiger partial charge in [0.25, 0.3) is 0 Å². The molecule has 0 radical (unpaired) electrons. The lowest BCUT2D eigenvalue weighted by Crippen LogP contribution is -2.39. The minimum atomic E-state index is -0.159. The number of rotatable bonds is 1. The summed E-state index contributed by atoms with van der Waals surface area (Å²) in [6, 6.07) is 5.65. The maximum atomic E-state index is 11.9. The Bertz CT molecular complexity index is 584. The van der Waals surface area contributed by atoms with Crippen LogP contribution in [-0.4, -0.2) is 18.0 Å². The van der Waals surface area contributed by atoms with Gasteiger partial charge in [-0.2, -0.15) is 0 Å². The van der Waals surface area contributed by atoms with Crippen molar-refractivity contribution >= 4 is 23.3 Å². The van der Waals surface area contributed by atoms with Crippen LogP contribution >= 0.6 is 11.6 Å². The molecule has 1 saturated carbocycles. The van der Waals surface area contributed by atoms with E-state index in [1.165, 1.54) is 12.8 Å². The SMILES string of the molecule is CN1C(=O)Nc2cc(CCl)ccc2C1C#CC1CC1. The van der Waals surface area contributed by atoms with Crippen LogP contribution in [0.1, 0.15) is 30.0 Å². The number of carbonyl (C=O) groups excluding carboxylic acids is 1. The molecule has 19 heavy (non-hydrogen) atoms. The van der Waals surface area contributed by atoms with E-state index in [2.05, 4.69) is 17.2 Å². The van der Waals surface area contributed by atoms with E-state index in [1.807, 2.05) is 18.2 Å². The second-order valence-electron chi connectivity index (χ2n) is 5.06. The van der Waals surface area contributed by atoms with Crippen molar-refractivity contribution < 1.29 is 4.79 Å². The van der Waals surface area contributed by atoms with Gasteiger partial charge in [0.05, 0.1) is 0 Å². The van der Waals surface area contributed by atoms with Crippen LogP contribution in [-0.2, 0) is 5.88 Å². The number of benzene rings is 1. The molecule has 1 aliphatic carbocycles. The Balaban J connectivity index is 1.99. The van der Waals surface area contributed by atoms with Crippen molar-refractivity contribution in [2.75, 3.05) is 12.4 Å². The molecular formula is C15H15ClN2O. The van der Waals surface area contributed by atoms with E-state index < -0.39 is 0 Å². The zero-order chi connectivity index (χ0) is 13.4. The van der Waals surface area contributed by atoms with Gasteiger partial charge in [0.15, 0.2) is 0 Å². The molecule has 0 bridgehead atoms. The number of halogens is 1. The predicted octanol–water partition coefficient (Wildman–Crippen LogP) is 3.36. The Hall–Kier alpha value is -1.66. The van der Waals surface area contributed by atoms with E-state index in [4.69, 9.17) is 11.6 Å². The smallest absolute Gasteiger partial charge is 0.310 e. The summed E-state index contributed by atoms with van der Waals surface area (Å²) in [5.74, 6) is 7.46. The first-order valence-electron chi connectivity index (χ1n) is 6.42. The van der Waals surface area contributed by atoms with Gasteiger partial charge in [-0.05, 0) is 24.5 Å². The highest BCUT2D eigenvalue weighted by Gasteiger charge is 2.29. The molecule has 1 aliphatic heterocycles. The third-order valence-corrected chi connectivity index (χ3v) is 3.83. The quantitative estimate of drug-likeness (QED) is 0.618. The fourth-order valence-corrected chi connectivity index (χ4v) is 2.33. The van der Waals surface area contributed by atoms with Gasteiger partial charge in [-0.15, -0.1) is 11.6 Å². The Kier molecular flexibility index (Phi) is 3.12. The first-order valence-corrected chi connectivity index (χ1v) is 6.96. The summed E-state index contributed by atoms with van der Waals surface area (Å²) in [7, 11) is 1.78. The molecule has 0 aromatic heterocycles. The molecule has 1 atom stereocenters. The summed E-state index contributed by atoms with van der Waals surface area (Å²) in [5, 5.41) is 2.88. The molecule has 0 saturated heterocycles. The third kappa shape index (κ3) is 2.41. The summed E-state index contributed by atoms with van der Waals surface area (Å²) >= 11 is 5.83. The Labute approximate surface area is 117 Å². The van der Waals surface area contributed by atoms with Crippen molar-refractivity contribution in [1.29, 1.82) is 0 Å². The van der Waals surface area contributed by atoms with Crippen molar-refractivity contribution in [3.8, 4) is 11.8 Å². The van der Waals surface area contributed by atoms with Crippen LogP contribution in [0, 0.1) is 17.8 Å². The van der Waals surface area contributed by atoms with Crippen LogP contribution in [0.4, 0.5) is 10.5 Å². The number of anilines is 1. The lowest BCUT2D eigenvalue weighted by molar-refractivity contribution is 0.212. The number of nitrogens with one attached hydrogen (secondary N) is 1. The van der Waals surface area contributed by atoms with E-state index in [0.717, 1.165) is 16.8 Å². The minimum Gasteiger partial charge on any atom is -0.310 e. The Morgan fingerprint density at radius 3 is 2.89 bits per heavy atom. The Morgan fingerprint density at radius 1 is 1.42 bits per heavy atom. The van der Waals surface area contributed by atoms with Gasteiger partial charge in [0, 0.05) is 30.1 Å². The number of nitrogens with zero attached hydrogens (tertiary/aromatic N) is 1. The number of amides is 2. The molecule has 1 fully saturated rings. The van der Waals surface area contributed by atoms with Crippen LogP contribution < -0.4 is 5.32 Å². The van der Waals surface area contributed by atoms with E-state index in [-0.39, 0.29) is 12.1 Å². The summed E-state index contributed by atoms with van der Waals surface area (Å²) < 4.78 is 0. The van der Waals surface area contributed by atoms with Crippen LogP contribution in [0.3, 0.4) is 0 Å². The largest absolute Gasteiger partial charge is 0.322 e. The fraction of sp³-hybridized carbons (Fsp3) is 0.400. The third-order valence-electron chi connectivity index (χ3n) is 3.52. The molecule has 3 rings (SSSR count). The van der Waals surface area contributed by atoms with Crippen LogP contribution in [0.15, 0.2) is 18.2 Å². The molecule has 1 aromatic carbocycles. The molecule has 1 heterocycles. The van der Waals surface area contributed by atoms with Crippen molar-refractivity contribution in [3.63, 3.8) is 0 Å². The number of urea groups is 1. The number of carbonyl (C=O) groups is 1. The van der Waals surface area contributed by atoms with Gasteiger partial charge < -0.3 is 10.2 Å². The maximum Gasteiger partial charge on any atom is 0.322 e. The van der Waals surface area contributed by atoms with Gasteiger partial charge in [-0.3, -0.25) is 0 Å². The lowest BCUT2D eigenvalue weighted by atomic mass is 9.99. The van der Waals surface area contributed by atoms with Crippen molar-refractivity contribution in [2.24, 2.45) is 5.92 Å². The van der Waals surface area contributed by atoms with Crippen molar-refractivity contribution in [1.82, 2.24) is 4.90 Å². The number of hydrogen-bond donors (Lipinski definition) is 1. The van der Waals surface area contributed by atoms with E-state index >= 15 is 0 Å².